The summed E-state index contributed by atoms with van der Waals surface area (Å²) < 4.78 is 0. The van der Waals surface area contributed by atoms with E-state index in [2.05, 4.69) is 31.3 Å². The number of hydrogen-bond acceptors (Lipinski definition) is 5. The molecule has 2 rings (SSSR count). The van der Waals surface area contributed by atoms with Crippen molar-refractivity contribution in [1.29, 1.82) is 0 Å². The molecule has 94 valence electrons. The second kappa shape index (κ2) is 4.79. The molecule has 1 unspecified atom stereocenters. The molecule has 7 nitrogen and oxygen atoms in total. The second-order valence-corrected chi connectivity index (χ2v) is 4.78. The predicted molar refractivity (Wildman–Crippen MR) is 60.9 cm³/mol. The van der Waals surface area contributed by atoms with E-state index in [9.17, 15) is 4.79 Å². The van der Waals surface area contributed by atoms with Crippen molar-refractivity contribution < 1.29 is 4.79 Å². The maximum atomic E-state index is 12.2. The first kappa shape index (κ1) is 12.0. The van der Waals surface area contributed by atoms with Crippen LogP contribution in [0.2, 0.25) is 0 Å². The number of carbonyl (C=O) groups excluding carboxylic acids is 1. The molecule has 1 aromatic heterocycles. The highest BCUT2D eigenvalue weighted by Crippen LogP contribution is 2.28. The Bertz CT molecular complexity index is 370. The Morgan fingerprint density at radius 3 is 2.76 bits per heavy atom. The molecule has 1 aromatic rings. The van der Waals surface area contributed by atoms with Crippen LogP contribution < -0.4 is 10.6 Å². The fourth-order valence-corrected chi connectivity index (χ4v) is 1.99. The van der Waals surface area contributed by atoms with Gasteiger partial charge < -0.3 is 10.6 Å². The summed E-state index contributed by atoms with van der Waals surface area (Å²) in [4.78, 5) is 12.2. The van der Waals surface area contributed by atoms with E-state index >= 15 is 0 Å². The van der Waals surface area contributed by atoms with Gasteiger partial charge in [0.15, 0.2) is 5.82 Å². The van der Waals surface area contributed by atoms with E-state index in [1.165, 1.54) is 0 Å². The number of rotatable bonds is 3. The lowest BCUT2D eigenvalue weighted by molar-refractivity contribution is -0.132. The molecule has 7 heteroatoms. The van der Waals surface area contributed by atoms with Gasteiger partial charge in [-0.2, -0.15) is 5.21 Å². The molecule has 0 aromatic carbocycles. The number of piperidine rings is 1. The molecule has 1 saturated heterocycles. The molecule has 0 bridgehead atoms. The van der Waals surface area contributed by atoms with Gasteiger partial charge in [0.2, 0.25) is 5.91 Å². The predicted octanol–water partition coefficient (Wildman–Crippen LogP) is -0.233. The molecule has 3 N–H and O–H groups in total. The van der Waals surface area contributed by atoms with Gasteiger partial charge in [0.1, 0.15) is 0 Å². The molecule has 0 aliphatic carbocycles. The van der Waals surface area contributed by atoms with Crippen LogP contribution in [-0.2, 0) is 4.79 Å². The fourth-order valence-electron chi connectivity index (χ4n) is 1.99. The number of carbonyl (C=O) groups is 1. The maximum Gasteiger partial charge on any atom is 0.226 e. The number of nitrogens with one attached hydrogen (secondary N) is 3. The smallest absolute Gasteiger partial charge is 0.226 e. The van der Waals surface area contributed by atoms with Gasteiger partial charge in [-0.3, -0.25) is 4.79 Å². The first-order valence-corrected chi connectivity index (χ1v) is 5.87. The highest BCUT2D eigenvalue weighted by molar-refractivity contribution is 5.82. The molecule has 1 aliphatic heterocycles. The summed E-state index contributed by atoms with van der Waals surface area (Å²) in [5.41, 5.74) is -0.288. The van der Waals surface area contributed by atoms with Gasteiger partial charge in [-0.15, -0.1) is 10.2 Å². The molecule has 0 saturated carbocycles. The first-order valence-electron chi connectivity index (χ1n) is 5.87. The number of H-pyrrole nitrogens is 1. The van der Waals surface area contributed by atoms with Gasteiger partial charge in [0.05, 0.1) is 6.04 Å². The number of nitrogens with zero attached hydrogens (tertiary/aromatic N) is 3. The van der Waals surface area contributed by atoms with E-state index in [-0.39, 0.29) is 17.4 Å². The van der Waals surface area contributed by atoms with Crippen molar-refractivity contribution in [1.82, 2.24) is 31.3 Å². The van der Waals surface area contributed by atoms with Crippen molar-refractivity contribution >= 4 is 5.91 Å². The Labute approximate surface area is 99.7 Å². The van der Waals surface area contributed by atoms with Crippen LogP contribution in [0.4, 0.5) is 0 Å². The van der Waals surface area contributed by atoms with Crippen LogP contribution in [0.15, 0.2) is 0 Å². The van der Waals surface area contributed by atoms with Crippen LogP contribution in [0.5, 0.6) is 0 Å². The van der Waals surface area contributed by atoms with Gasteiger partial charge in [0, 0.05) is 5.41 Å². The average molecular weight is 238 g/mol. The maximum absolute atomic E-state index is 12.2. The van der Waals surface area contributed by atoms with Crippen molar-refractivity contribution in [2.45, 2.75) is 32.7 Å². The van der Waals surface area contributed by atoms with Crippen LogP contribution in [0.1, 0.15) is 38.6 Å². The zero-order chi connectivity index (χ0) is 12.3. The Morgan fingerprint density at radius 2 is 2.18 bits per heavy atom. The molecule has 1 atom stereocenters. The number of amides is 1. The lowest BCUT2D eigenvalue weighted by Crippen LogP contribution is -2.46. The number of tetrazole rings is 1. The average Bonchev–Trinajstić information content (AvgIpc) is 2.83. The summed E-state index contributed by atoms with van der Waals surface area (Å²) in [5.74, 6) is 0.576. The van der Waals surface area contributed by atoms with E-state index in [1.54, 1.807) is 0 Å². The van der Waals surface area contributed by atoms with Crippen LogP contribution in [0.3, 0.4) is 0 Å². The van der Waals surface area contributed by atoms with Gasteiger partial charge in [-0.05, 0) is 32.9 Å². The van der Waals surface area contributed by atoms with E-state index in [1.807, 2.05) is 13.8 Å². The zero-order valence-corrected chi connectivity index (χ0v) is 10.2. The molecular weight excluding hydrogens is 220 g/mol. The Hall–Kier alpha value is -1.50. The van der Waals surface area contributed by atoms with Crippen LogP contribution in [-0.4, -0.2) is 39.6 Å². The van der Waals surface area contributed by atoms with Gasteiger partial charge in [0.25, 0.3) is 0 Å². The summed E-state index contributed by atoms with van der Waals surface area (Å²) in [7, 11) is 0. The minimum absolute atomic E-state index is 0.0660. The van der Waals surface area contributed by atoms with Crippen molar-refractivity contribution in [3.8, 4) is 0 Å². The van der Waals surface area contributed by atoms with Gasteiger partial charge >= 0.3 is 0 Å². The molecular formula is C10H18N6O. The summed E-state index contributed by atoms with van der Waals surface area (Å²) >= 11 is 0. The van der Waals surface area contributed by atoms with E-state index in [4.69, 9.17) is 0 Å². The largest absolute Gasteiger partial charge is 0.346 e. The quantitative estimate of drug-likeness (QED) is 0.676. The molecule has 2 heterocycles. The van der Waals surface area contributed by atoms with Gasteiger partial charge in [-0.25, -0.2) is 0 Å². The normalized spacial score (nSPS) is 20.8. The standard InChI is InChI=1S/C10H18N6O/c1-7(8-13-15-16-14-8)12-9(17)10(2)3-5-11-6-4-10/h7,11H,3-6H2,1-2H3,(H,12,17)(H,13,14,15,16). The third-order valence-corrected chi connectivity index (χ3v) is 3.35. The number of aromatic amines is 1. The van der Waals surface area contributed by atoms with Crippen molar-refractivity contribution in [2.75, 3.05) is 13.1 Å². The Morgan fingerprint density at radius 1 is 1.47 bits per heavy atom. The summed E-state index contributed by atoms with van der Waals surface area (Å²) in [6, 6.07) is -0.215. The second-order valence-electron chi connectivity index (χ2n) is 4.78. The first-order chi connectivity index (χ1) is 8.12. The SMILES string of the molecule is CC(NC(=O)C1(C)CCNCC1)c1nn[nH]n1. The topological polar surface area (TPSA) is 95.6 Å². The highest BCUT2D eigenvalue weighted by Gasteiger charge is 2.35. The molecule has 0 radical (unpaired) electrons. The molecule has 1 aliphatic rings. The number of aromatic nitrogens is 4. The summed E-state index contributed by atoms with van der Waals surface area (Å²) in [6.45, 7) is 5.64. The number of hydrogen-bond donors (Lipinski definition) is 3. The third-order valence-electron chi connectivity index (χ3n) is 3.35. The third kappa shape index (κ3) is 2.60. The minimum Gasteiger partial charge on any atom is -0.346 e. The van der Waals surface area contributed by atoms with Crippen molar-refractivity contribution in [2.24, 2.45) is 5.41 Å². The monoisotopic (exact) mass is 238 g/mol. The van der Waals surface area contributed by atoms with Crippen LogP contribution >= 0.6 is 0 Å². The highest BCUT2D eigenvalue weighted by atomic mass is 16.2. The summed E-state index contributed by atoms with van der Waals surface area (Å²) in [5, 5.41) is 19.8. The van der Waals surface area contributed by atoms with E-state index in [0.29, 0.717) is 5.82 Å². The minimum atomic E-state index is -0.288. The van der Waals surface area contributed by atoms with E-state index in [0.717, 1.165) is 25.9 Å². The Kier molecular flexibility index (Phi) is 3.37. The Balaban J connectivity index is 1.96. The lowest BCUT2D eigenvalue weighted by Gasteiger charge is -2.33. The van der Waals surface area contributed by atoms with Crippen LogP contribution in [0, 0.1) is 5.41 Å². The zero-order valence-electron chi connectivity index (χ0n) is 10.2. The van der Waals surface area contributed by atoms with Gasteiger partial charge in [-0.1, -0.05) is 12.1 Å². The summed E-state index contributed by atoms with van der Waals surface area (Å²) in [6.07, 6.45) is 1.72. The molecule has 17 heavy (non-hydrogen) atoms. The van der Waals surface area contributed by atoms with Crippen molar-refractivity contribution in [3.05, 3.63) is 5.82 Å². The van der Waals surface area contributed by atoms with Crippen molar-refractivity contribution in [3.63, 3.8) is 0 Å². The van der Waals surface area contributed by atoms with E-state index < -0.39 is 0 Å². The van der Waals surface area contributed by atoms with Crippen LogP contribution in [0.25, 0.3) is 0 Å². The fraction of sp³-hybridized carbons (Fsp3) is 0.800. The lowest BCUT2D eigenvalue weighted by atomic mass is 9.80. The molecule has 0 spiro atoms. The molecule has 1 fully saturated rings. The molecule has 1 amide bonds.